The van der Waals surface area contributed by atoms with Gasteiger partial charge in [0.15, 0.2) is 0 Å². The molecule has 0 spiro atoms. The van der Waals surface area contributed by atoms with E-state index in [2.05, 4.69) is 0 Å². The summed E-state index contributed by atoms with van der Waals surface area (Å²) in [5, 5.41) is 1.70. The summed E-state index contributed by atoms with van der Waals surface area (Å²) in [6.07, 6.45) is 0. The van der Waals surface area contributed by atoms with Crippen molar-refractivity contribution in [3.8, 4) is 0 Å². The largest absolute Gasteiger partial charge is 0.351 e. The number of urea groups is 1. The van der Waals surface area contributed by atoms with Crippen LogP contribution in [0.15, 0.2) is 0 Å². The third kappa shape index (κ3) is 4.97. The predicted molar refractivity (Wildman–Crippen MR) is 48.7 cm³/mol. The van der Waals surface area contributed by atoms with Crippen LogP contribution in [-0.2, 0) is 4.79 Å². The Labute approximate surface area is 75.2 Å². The summed E-state index contributed by atoms with van der Waals surface area (Å²) < 4.78 is 0. The number of carbonyl (C=O) groups excluding carboxylic acids is 2. The molecule has 0 bridgehead atoms. The van der Waals surface area contributed by atoms with E-state index in [1.165, 1.54) is 11.8 Å². The molecule has 0 aromatic rings. The summed E-state index contributed by atoms with van der Waals surface area (Å²) in [6.45, 7) is 2.21. The molecule has 0 aliphatic heterocycles. The minimum Gasteiger partial charge on any atom is -0.351 e. The highest BCUT2D eigenvalue weighted by Gasteiger charge is 2.13. The third-order valence-electron chi connectivity index (χ3n) is 1.10. The van der Waals surface area contributed by atoms with Crippen LogP contribution in [0.3, 0.4) is 0 Å². The quantitative estimate of drug-likeness (QED) is 0.545. The van der Waals surface area contributed by atoms with Crippen LogP contribution in [0.5, 0.6) is 0 Å². The molecule has 0 heterocycles. The van der Waals surface area contributed by atoms with Gasteiger partial charge in [-0.05, 0) is 6.92 Å². The minimum atomic E-state index is -0.819. The number of hydrogen-bond donors (Lipinski definition) is 3. The fraction of sp³-hybridized carbons (Fsp3) is 0.667. The molecule has 0 saturated heterocycles. The zero-order chi connectivity index (χ0) is 9.56. The second-order valence-electron chi connectivity index (χ2n) is 2.16. The molecule has 3 amide bonds. The van der Waals surface area contributed by atoms with E-state index in [1.54, 1.807) is 6.92 Å². The second kappa shape index (κ2) is 5.84. The van der Waals surface area contributed by atoms with Crippen LogP contribution in [0.1, 0.15) is 6.92 Å². The highest BCUT2D eigenvalue weighted by atomic mass is 32.2. The average Bonchev–Trinajstić information content (AvgIpc) is 1.98. The van der Waals surface area contributed by atoms with Gasteiger partial charge in [-0.2, -0.15) is 0 Å². The SMILES string of the molecule is CC(SCCN)C(=O)NC(N)=O. The summed E-state index contributed by atoms with van der Waals surface area (Å²) >= 11 is 1.38. The lowest BCUT2D eigenvalue weighted by Crippen LogP contribution is -2.39. The Balaban J connectivity index is 3.69. The van der Waals surface area contributed by atoms with Gasteiger partial charge in [-0.1, -0.05) is 0 Å². The molecule has 70 valence electrons. The first kappa shape index (κ1) is 11.2. The topological polar surface area (TPSA) is 98.2 Å². The van der Waals surface area contributed by atoms with Gasteiger partial charge in [0.2, 0.25) is 5.91 Å². The van der Waals surface area contributed by atoms with Gasteiger partial charge in [0.05, 0.1) is 5.25 Å². The van der Waals surface area contributed by atoms with E-state index in [9.17, 15) is 9.59 Å². The lowest BCUT2D eigenvalue weighted by molar-refractivity contribution is -0.119. The molecule has 6 heteroatoms. The van der Waals surface area contributed by atoms with Crippen molar-refractivity contribution in [3.63, 3.8) is 0 Å². The van der Waals surface area contributed by atoms with E-state index < -0.39 is 6.03 Å². The van der Waals surface area contributed by atoms with Gasteiger partial charge < -0.3 is 11.5 Å². The first-order valence-corrected chi connectivity index (χ1v) is 4.54. The van der Waals surface area contributed by atoms with Crippen LogP contribution in [0.25, 0.3) is 0 Å². The maximum Gasteiger partial charge on any atom is 0.318 e. The fourth-order valence-electron chi connectivity index (χ4n) is 0.544. The molecule has 0 aliphatic rings. The Morgan fingerprint density at radius 2 is 2.17 bits per heavy atom. The maximum atomic E-state index is 11.0. The molecular formula is C6H13N3O2S. The fourth-order valence-corrected chi connectivity index (χ4v) is 1.24. The van der Waals surface area contributed by atoms with Gasteiger partial charge in [-0.15, -0.1) is 11.8 Å². The van der Waals surface area contributed by atoms with E-state index in [0.717, 1.165) is 0 Å². The number of nitrogens with one attached hydrogen (secondary N) is 1. The van der Waals surface area contributed by atoms with E-state index >= 15 is 0 Å². The predicted octanol–water partition coefficient (Wildman–Crippen LogP) is -0.738. The number of imide groups is 1. The molecule has 5 N–H and O–H groups in total. The lowest BCUT2D eigenvalue weighted by Gasteiger charge is -2.08. The lowest BCUT2D eigenvalue weighted by atomic mass is 10.4. The first-order chi connectivity index (χ1) is 5.57. The van der Waals surface area contributed by atoms with Gasteiger partial charge in [0, 0.05) is 12.3 Å². The molecule has 0 radical (unpaired) electrons. The molecular weight excluding hydrogens is 178 g/mol. The zero-order valence-corrected chi connectivity index (χ0v) is 7.69. The Bertz CT molecular complexity index is 174. The average molecular weight is 191 g/mol. The number of thioether (sulfide) groups is 1. The van der Waals surface area contributed by atoms with Crippen molar-refractivity contribution in [2.24, 2.45) is 11.5 Å². The number of amides is 3. The van der Waals surface area contributed by atoms with Gasteiger partial charge >= 0.3 is 6.03 Å². The van der Waals surface area contributed by atoms with E-state index in [-0.39, 0.29) is 11.2 Å². The van der Waals surface area contributed by atoms with Gasteiger partial charge in [-0.3, -0.25) is 10.1 Å². The smallest absolute Gasteiger partial charge is 0.318 e. The van der Waals surface area contributed by atoms with E-state index in [4.69, 9.17) is 11.5 Å². The van der Waals surface area contributed by atoms with Crippen molar-refractivity contribution in [2.45, 2.75) is 12.2 Å². The van der Waals surface area contributed by atoms with Crippen molar-refractivity contribution in [3.05, 3.63) is 0 Å². The number of hydrogen-bond acceptors (Lipinski definition) is 4. The maximum absolute atomic E-state index is 11.0. The molecule has 0 saturated carbocycles. The van der Waals surface area contributed by atoms with Gasteiger partial charge in [0.25, 0.3) is 0 Å². The van der Waals surface area contributed by atoms with Crippen LogP contribution < -0.4 is 16.8 Å². The van der Waals surface area contributed by atoms with Crippen LogP contribution >= 0.6 is 11.8 Å². The van der Waals surface area contributed by atoms with E-state index in [1.807, 2.05) is 5.32 Å². The van der Waals surface area contributed by atoms with Crippen molar-refractivity contribution in [2.75, 3.05) is 12.3 Å². The molecule has 0 rings (SSSR count). The highest BCUT2D eigenvalue weighted by molar-refractivity contribution is 8.00. The van der Waals surface area contributed by atoms with Crippen molar-refractivity contribution in [1.29, 1.82) is 0 Å². The van der Waals surface area contributed by atoms with Crippen LogP contribution in [0.2, 0.25) is 0 Å². The standard InChI is InChI=1S/C6H13N3O2S/c1-4(12-3-2-7)5(10)9-6(8)11/h4H,2-3,7H2,1H3,(H3,8,9,10,11). The summed E-state index contributed by atoms with van der Waals surface area (Å²) in [7, 11) is 0. The summed E-state index contributed by atoms with van der Waals surface area (Å²) in [5.74, 6) is 0.314. The molecule has 0 aromatic carbocycles. The second-order valence-corrected chi connectivity index (χ2v) is 3.60. The Morgan fingerprint density at radius 1 is 1.58 bits per heavy atom. The Hall–Kier alpha value is -0.750. The van der Waals surface area contributed by atoms with Crippen molar-refractivity contribution >= 4 is 23.7 Å². The molecule has 0 fully saturated rings. The Morgan fingerprint density at radius 3 is 2.58 bits per heavy atom. The molecule has 12 heavy (non-hydrogen) atoms. The molecule has 1 atom stereocenters. The van der Waals surface area contributed by atoms with Crippen LogP contribution in [-0.4, -0.2) is 29.5 Å². The van der Waals surface area contributed by atoms with Crippen molar-refractivity contribution in [1.82, 2.24) is 5.32 Å². The van der Waals surface area contributed by atoms with Crippen molar-refractivity contribution < 1.29 is 9.59 Å². The normalized spacial score (nSPS) is 12.2. The van der Waals surface area contributed by atoms with Gasteiger partial charge in [-0.25, -0.2) is 4.79 Å². The number of rotatable bonds is 4. The zero-order valence-electron chi connectivity index (χ0n) is 6.87. The van der Waals surface area contributed by atoms with Crippen LogP contribution in [0.4, 0.5) is 4.79 Å². The molecule has 1 unspecified atom stereocenters. The summed E-state index contributed by atoms with van der Waals surface area (Å²) in [6, 6.07) is -0.819. The van der Waals surface area contributed by atoms with Gasteiger partial charge in [0.1, 0.15) is 0 Å². The highest BCUT2D eigenvalue weighted by Crippen LogP contribution is 2.08. The number of carbonyl (C=O) groups is 2. The van der Waals surface area contributed by atoms with Crippen LogP contribution in [0, 0.1) is 0 Å². The van der Waals surface area contributed by atoms with E-state index in [0.29, 0.717) is 12.3 Å². The number of primary amides is 1. The summed E-state index contributed by atoms with van der Waals surface area (Å²) in [5.41, 5.74) is 9.99. The molecule has 0 aliphatic carbocycles. The molecule has 5 nitrogen and oxygen atoms in total. The Kier molecular flexibility index (Phi) is 5.48. The molecule has 0 aromatic heterocycles. The summed E-state index contributed by atoms with van der Waals surface area (Å²) in [4.78, 5) is 21.2. The minimum absolute atomic E-state index is 0.291. The monoisotopic (exact) mass is 191 g/mol. The third-order valence-corrected chi connectivity index (χ3v) is 2.29. The first-order valence-electron chi connectivity index (χ1n) is 3.50. The number of nitrogens with two attached hydrogens (primary N) is 2.